The van der Waals surface area contributed by atoms with Crippen molar-refractivity contribution in [3.8, 4) is 0 Å². The number of nitrogens with one attached hydrogen (secondary N) is 1. The number of nitrogens with zero attached hydrogens (tertiary/aromatic N) is 1. The zero-order chi connectivity index (χ0) is 12.3. The second-order valence-corrected chi connectivity index (χ2v) is 4.56. The third-order valence-electron chi connectivity index (χ3n) is 2.01. The minimum Gasteiger partial charge on any atom is -0.465 e. The van der Waals surface area contributed by atoms with Crippen molar-refractivity contribution in [1.29, 1.82) is 0 Å². The van der Waals surface area contributed by atoms with Crippen molar-refractivity contribution in [3.05, 3.63) is 40.4 Å². The number of hydrogen-bond donors (Lipinski definition) is 1. The van der Waals surface area contributed by atoms with Crippen molar-refractivity contribution in [3.63, 3.8) is 0 Å². The summed E-state index contributed by atoms with van der Waals surface area (Å²) in [5, 5.41) is 4.23. The molecule has 2 rings (SSSR count). The molecule has 4 nitrogen and oxygen atoms in total. The molecule has 2 aromatic rings. The van der Waals surface area contributed by atoms with E-state index in [2.05, 4.69) is 15.0 Å². The number of rotatable bonds is 3. The molecular weight excluding hydrogens is 260 g/mol. The average molecular weight is 269 g/mol. The molecule has 1 heterocycles. The van der Waals surface area contributed by atoms with Gasteiger partial charge in [-0.1, -0.05) is 35.1 Å². The summed E-state index contributed by atoms with van der Waals surface area (Å²) in [4.78, 5) is 15.8. The van der Waals surface area contributed by atoms with Crippen molar-refractivity contribution in [2.45, 2.75) is 0 Å². The number of benzene rings is 1. The van der Waals surface area contributed by atoms with Crippen LogP contribution in [-0.2, 0) is 4.74 Å². The molecule has 0 aliphatic rings. The lowest BCUT2D eigenvalue weighted by Gasteiger charge is -2.03. The molecule has 0 saturated heterocycles. The summed E-state index contributed by atoms with van der Waals surface area (Å²) in [7, 11) is 1.34. The summed E-state index contributed by atoms with van der Waals surface area (Å²) < 4.78 is 4.60. The number of hydrogen-bond acceptors (Lipinski definition) is 5. The Morgan fingerprint density at radius 3 is 2.94 bits per heavy atom. The lowest BCUT2D eigenvalue weighted by Crippen LogP contribution is -1.96. The van der Waals surface area contributed by atoms with Crippen LogP contribution in [0.4, 0.5) is 10.8 Å². The van der Waals surface area contributed by atoms with Crippen LogP contribution in [0.5, 0.6) is 0 Å². The fraction of sp³-hybridized carbons (Fsp3) is 0.0909. The van der Waals surface area contributed by atoms with Gasteiger partial charge in [-0.05, 0) is 12.1 Å². The predicted molar refractivity (Wildman–Crippen MR) is 68.2 cm³/mol. The number of ether oxygens (including phenoxy) is 1. The first-order valence-electron chi connectivity index (χ1n) is 4.76. The lowest BCUT2D eigenvalue weighted by molar-refractivity contribution is 0.0606. The minimum atomic E-state index is -0.394. The van der Waals surface area contributed by atoms with Crippen molar-refractivity contribution < 1.29 is 9.53 Å². The van der Waals surface area contributed by atoms with Gasteiger partial charge in [0.1, 0.15) is 4.88 Å². The number of aromatic nitrogens is 1. The first-order chi connectivity index (χ1) is 8.20. The Morgan fingerprint density at radius 2 is 2.24 bits per heavy atom. The molecule has 88 valence electrons. The first-order valence-corrected chi connectivity index (χ1v) is 5.96. The van der Waals surface area contributed by atoms with E-state index in [1.54, 1.807) is 6.07 Å². The predicted octanol–water partition coefficient (Wildman–Crippen LogP) is 3.33. The molecule has 0 spiro atoms. The molecule has 0 bridgehead atoms. The summed E-state index contributed by atoms with van der Waals surface area (Å²) in [5.74, 6) is -0.394. The van der Waals surface area contributed by atoms with Crippen LogP contribution >= 0.6 is 22.9 Å². The van der Waals surface area contributed by atoms with E-state index in [1.807, 2.05) is 18.2 Å². The van der Waals surface area contributed by atoms with Crippen molar-refractivity contribution in [2.75, 3.05) is 12.4 Å². The van der Waals surface area contributed by atoms with E-state index in [-0.39, 0.29) is 0 Å². The normalized spacial score (nSPS) is 10.0. The summed E-state index contributed by atoms with van der Waals surface area (Å²) in [5.41, 5.74) is 0.750. The highest BCUT2D eigenvalue weighted by atomic mass is 35.5. The molecule has 0 fully saturated rings. The number of halogens is 1. The number of esters is 1. The Labute approximate surface area is 107 Å². The van der Waals surface area contributed by atoms with Gasteiger partial charge in [-0.2, -0.15) is 0 Å². The third kappa shape index (κ3) is 2.75. The molecule has 0 aliphatic carbocycles. The molecule has 1 N–H and O–H groups in total. The van der Waals surface area contributed by atoms with Crippen LogP contribution in [0.1, 0.15) is 9.67 Å². The number of methoxy groups -OCH3 is 1. The van der Waals surface area contributed by atoms with E-state index in [0.717, 1.165) is 5.69 Å². The van der Waals surface area contributed by atoms with Crippen LogP contribution in [0.25, 0.3) is 0 Å². The summed E-state index contributed by atoms with van der Waals surface area (Å²) in [6.45, 7) is 0. The van der Waals surface area contributed by atoms with Gasteiger partial charge < -0.3 is 10.1 Å². The lowest BCUT2D eigenvalue weighted by atomic mass is 10.3. The number of carbonyl (C=O) groups is 1. The maximum atomic E-state index is 11.2. The van der Waals surface area contributed by atoms with Crippen LogP contribution in [0, 0.1) is 0 Å². The highest BCUT2D eigenvalue weighted by Gasteiger charge is 2.11. The zero-order valence-electron chi connectivity index (χ0n) is 8.94. The maximum absolute atomic E-state index is 11.2. The van der Waals surface area contributed by atoms with Crippen molar-refractivity contribution in [2.24, 2.45) is 0 Å². The SMILES string of the molecule is COC(=O)c1cnc(Nc2ccccc2Cl)s1. The van der Waals surface area contributed by atoms with Crippen LogP contribution in [0.2, 0.25) is 5.02 Å². The molecule has 0 radical (unpaired) electrons. The quantitative estimate of drug-likeness (QED) is 0.868. The fourth-order valence-corrected chi connectivity index (χ4v) is 2.13. The van der Waals surface area contributed by atoms with E-state index in [1.165, 1.54) is 24.6 Å². The van der Waals surface area contributed by atoms with Gasteiger partial charge >= 0.3 is 5.97 Å². The molecule has 0 unspecified atom stereocenters. The second kappa shape index (κ2) is 5.16. The Bertz CT molecular complexity index is 542. The van der Waals surface area contributed by atoms with E-state index in [0.29, 0.717) is 15.0 Å². The fourth-order valence-electron chi connectivity index (χ4n) is 1.20. The Hall–Kier alpha value is -1.59. The Kier molecular flexibility index (Phi) is 3.61. The molecule has 17 heavy (non-hydrogen) atoms. The Balaban J connectivity index is 2.17. The monoisotopic (exact) mass is 268 g/mol. The first kappa shape index (κ1) is 11.9. The largest absolute Gasteiger partial charge is 0.465 e. The summed E-state index contributed by atoms with van der Waals surface area (Å²) in [6.07, 6.45) is 1.47. The average Bonchev–Trinajstić information content (AvgIpc) is 2.80. The summed E-state index contributed by atoms with van der Waals surface area (Å²) >= 11 is 7.21. The maximum Gasteiger partial charge on any atom is 0.349 e. The molecule has 1 aromatic heterocycles. The van der Waals surface area contributed by atoms with Gasteiger partial charge in [-0.25, -0.2) is 9.78 Å². The van der Waals surface area contributed by atoms with E-state index in [9.17, 15) is 4.79 Å². The zero-order valence-corrected chi connectivity index (χ0v) is 10.5. The molecule has 0 atom stereocenters. The van der Waals surface area contributed by atoms with Crippen LogP contribution < -0.4 is 5.32 Å². The molecule has 1 aromatic carbocycles. The number of para-hydroxylation sites is 1. The van der Waals surface area contributed by atoms with Gasteiger partial charge in [0.05, 0.1) is 24.0 Å². The highest BCUT2D eigenvalue weighted by Crippen LogP contribution is 2.27. The number of thiazole rings is 1. The van der Waals surface area contributed by atoms with Gasteiger partial charge in [0.15, 0.2) is 5.13 Å². The van der Waals surface area contributed by atoms with Gasteiger partial charge in [0, 0.05) is 0 Å². The van der Waals surface area contributed by atoms with E-state index in [4.69, 9.17) is 11.6 Å². The number of carbonyl (C=O) groups excluding carboxylic acids is 1. The minimum absolute atomic E-state index is 0.394. The molecule has 0 amide bonds. The van der Waals surface area contributed by atoms with Gasteiger partial charge in [0.25, 0.3) is 0 Å². The topological polar surface area (TPSA) is 51.2 Å². The molecule has 6 heteroatoms. The number of anilines is 2. The van der Waals surface area contributed by atoms with Crippen molar-refractivity contribution in [1.82, 2.24) is 4.98 Å². The summed E-state index contributed by atoms with van der Waals surface area (Å²) in [6, 6.07) is 7.32. The van der Waals surface area contributed by atoms with Crippen molar-refractivity contribution >= 4 is 39.7 Å². The third-order valence-corrected chi connectivity index (χ3v) is 3.23. The van der Waals surface area contributed by atoms with Crippen LogP contribution in [0.15, 0.2) is 30.5 Å². The van der Waals surface area contributed by atoms with Gasteiger partial charge in [-0.3, -0.25) is 0 Å². The smallest absolute Gasteiger partial charge is 0.349 e. The van der Waals surface area contributed by atoms with Gasteiger partial charge in [0.2, 0.25) is 0 Å². The molecule has 0 saturated carbocycles. The Morgan fingerprint density at radius 1 is 1.47 bits per heavy atom. The molecule has 0 aliphatic heterocycles. The van der Waals surface area contributed by atoms with E-state index < -0.39 is 5.97 Å². The standard InChI is InChI=1S/C11H9ClN2O2S/c1-16-10(15)9-6-13-11(17-9)14-8-5-3-2-4-7(8)12/h2-6H,1H3,(H,13,14). The van der Waals surface area contributed by atoms with Crippen LogP contribution in [0.3, 0.4) is 0 Å². The molecular formula is C11H9ClN2O2S. The van der Waals surface area contributed by atoms with Gasteiger partial charge in [-0.15, -0.1) is 0 Å². The highest BCUT2D eigenvalue weighted by molar-refractivity contribution is 7.17. The van der Waals surface area contributed by atoms with E-state index >= 15 is 0 Å². The second-order valence-electron chi connectivity index (χ2n) is 3.13. The van der Waals surface area contributed by atoms with Crippen LogP contribution in [-0.4, -0.2) is 18.1 Å².